The molecule has 178 valence electrons. The van der Waals surface area contributed by atoms with E-state index in [0.717, 1.165) is 35.1 Å². The van der Waals surface area contributed by atoms with E-state index >= 15 is 0 Å². The number of aliphatic carboxylic acids is 1. The summed E-state index contributed by atoms with van der Waals surface area (Å²) >= 11 is 0. The minimum absolute atomic E-state index is 0.00185. The van der Waals surface area contributed by atoms with Gasteiger partial charge >= 0.3 is 12.1 Å². The van der Waals surface area contributed by atoms with Crippen molar-refractivity contribution in [3.05, 3.63) is 59.7 Å². The third-order valence-corrected chi connectivity index (χ3v) is 7.12. The van der Waals surface area contributed by atoms with Crippen LogP contribution < -0.4 is 5.32 Å². The van der Waals surface area contributed by atoms with Crippen molar-refractivity contribution in [3.8, 4) is 11.1 Å². The first kappa shape index (κ1) is 22.4. The Morgan fingerprint density at radius 2 is 1.65 bits per heavy atom. The number of hydrogen-bond acceptors (Lipinski definition) is 5. The van der Waals surface area contributed by atoms with E-state index in [-0.39, 0.29) is 43.7 Å². The van der Waals surface area contributed by atoms with Gasteiger partial charge in [0.05, 0.1) is 6.10 Å². The number of hydrogen-bond donors (Lipinski definition) is 3. The molecule has 0 spiro atoms. The number of carbonyl (C=O) groups excluding carboxylic acids is 2. The normalized spacial score (nSPS) is 22.1. The maximum Gasteiger partial charge on any atom is 0.407 e. The number of likely N-dealkylation sites (tertiary alicyclic amines) is 1. The summed E-state index contributed by atoms with van der Waals surface area (Å²) in [5, 5.41) is 22.0. The number of rotatable bonds is 7. The summed E-state index contributed by atoms with van der Waals surface area (Å²) in [4.78, 5) is 38.2. The number of amides is 2. The first-order chi connectivity index (χ1) is 16.4. The molecular formula is C26H28N2O6. The average Bonchev–Trinajstić information content (AvgIpc) is 3.52. The van der Waals surface area contributed by atoms with Crippen LogP contribution in [0.1, 0.15) is 42.7 Å². The van der Waals surface area contributed by atoms with E-state index in [4.69, 9.17) is 4.74 Å². The molecule has 5 rings (SSSR count). The van der Waals surface area contributed by atoms with Crippen molar-refractivity contribution in [2.75, 3.05) is 13.2 Å². The lowest BCUT2D eigenvalue weighted by Crippen LogP contribution is -2.45. The van der Waals surface area contributed by atoms with Crippen molar-refractivity contribution in [2.24, 2.45) is 5.92 Å². The predicted octanol–water partition coefficient (Wildman–Crippen LogP) is 2.74. The zero-order valence-corrected chi connectivity index (χ0v) is 18.7. The van der Waals surface area contributed by atoms with Gasteiger partial charge in [0, 0.05) is 31.3 Å². The van der Waals surface area contributed by atoms with Crippen molar-refractivity contribution in [3.63, 3.8) is 0 Å². The fourth-order valence-corrected chi connectivity index (χ4v) is 5.25. The lowest BCUT2D eigenvalue weighted by Gasteiger charge is -2.25. The molecule has 0 bridgehead atoms. The number of ether oxygens (including phenoxy) is 1. The zero-order chi connectivity index (χ0) is 23.8. The van der Waals surface area contributed by atoms with Crippen LogP contribution >= 0.6 is 0 Å². The lowest BCUT2D eigenvalue weighted by molar-refractivity contribution is -0.148. The lowest BCUT2D eigenvalue weighted by atomic mass is 9.98. The Labute approximate surface area is 197 Å². The van der Waals surface area contributed by atoms with Gasteiger partial charge in [0.25, 0.3) is 0 Å². The van der Waals surface area contributed by atoms with Crippen molar-refractivity contribution in [2.45, 2.75) is 49.8 Å². The van der Waals surface area contributed by atoms with Crippen molar-refractivity contribution < 1.29 is 29.3 Å². The molecule has 1 saturated heterocycles. The molecule has 1 saturated carbocycles. The van der Waals surface area contributed by atoms with E-state index in [9.17, 15) is 24.6 Å². The number of carboxylic acid groups (broad SMARTS) is 1. The molecule has 8 heteroatoms. The minimum Gasteiger partial charge on any atom is -0.480 e. The summed E-state index contributed by atoms with van der Waals surface area (Å²) in [6.07, 6.45) is 0.377. The molecular weight excluding hydrogens is 436 g/mol. The average molecular weight is 465 g/mol. The topological polar surface area (TPSA) is 116 Å². The van der Waals surface area contributed by atoms with Gasteiger partial charge in [-0.05, 0) is 41.0 Å². The molecule has 2 fully saturated rings. The summed E-state index contributed by atoms with van der Waals surface area (Å²) in [7, 11) is 0. The number of nitrogens with one attached hydrogen (secondary N) is 1. The molecule has 8 nitrogen and oxygen atoms in total. The molecule has 0 aromatic heterocycles. The largest absolute Gasteiger partial charge is 0.480 e. The predicted molar refractivity (Wildman–Crippen MR) is 123 cm³/mol. The van der Waals surface area contributed by atoms with Crippen LogP contribution in [0.2, 0.25) is 0 Å². The molecule has 3 N–H and O–H groups in total. The molecule has 1 aliphatic heterocycles. The summed E-state index contributed by atoms with van der Waals surface area (Å²) in [6, 6.07) is 14.7. The van der Waals surface area contributed by atoms with Gasteiger partial charge in [-0.15, -0.1) is 0 Å². The number of nitrogens with zero attached hydrogens (tertiary/aromatic N) is 1. The number of carbonyl (C=O) groups is 3. The Hall–Kier alpha value is -3.39. The van der Waals surface area contributed by atoms with E-state index in [1.165, 1.54) is 4.90 Å². The summed E-state index contributed by atoms with van der Waals surface area (Å²) < 4.78 is 5.62. The van der Waals surface area contributed by atoms with Gasteiger partial charge in [0.15, 0.2) is 0 Å². The van der Waals surface area contributed by atoms with Gasteiger partial charge in [-0.2, -0.15) is 0 Å². The quantitative estimate of drug-likeness (QED) is 0.580. The highest BCUT2D eigenvalue weighted by Crippen LogP contribution is 2.44. The molecule has 2 aromatic carbocycles. The summed E-state index contributed by atoms with van der Waals surface area (Å²) in [6.45, 7) is 0.183. The SMILES string of the molecule is O=C(NC(CC(=O)N1C[C@@H](O)C[C@H]1C(=O)O)C1CC1)OCC1c2ccccc2-c2ccccc21. The summed E-state index contributed by atoms with van der Waals surface area (Å²) in [5.41, 5.74) is 4.54. The Kier molecular flexibility index (Phi) is 6.00. The third-order valence-electron chi connectivity index (χ3n) is 7.12. The van der Waals surface area contributed by atoms with E-state index < -0.39 is 30.3 Å². The van der Waals surface area contributed by atoms with E-state index in [0.29, 0.717) is 0 Å². The monoisotopic (exact) mass is 464 g/mol. The molecule has 2 aliphatic carbocycles. The van der Waals surface area contributed by atoms with Crippen LogP contribution in [0.25, 0.3) is 11.1 Å². The highest BCUT2D eigenvalue weighted by Gasteiger charge is 2.41. The van der Waals surface area contributed by atoms with Crippen LogP contribution in [0.4, 0.5) is 4.79 Å². The fourth-order valence-electron chi connectivity index (χ4n) is 5.25. The van der Waals surface area contributed by atoms with Gasteiger partial charge in [-0.3, -0.25) is 4.79 Å². The number of β-amino-alcohol motifs (C(OH)–C–C–N with tert-alkyl or cyclic N) is 1. The van der Waals surface area contributed by atoms with Crippen molar-refractivity contribution >= 4 is 18.0 Å². The maximum absolute atomic E-state index is 12.8. The fraction of sp³-hybridized carbons (Fsp3) is 0.423. The van der Waals surface area contributed by atoms with Crippen LogP contribution in [0.3, 0.4) is 0 Å². The first-order valence-electron chi connectivity index (χ1n) is 11.7. The molecule has 1 unspecified atom stereocenters. The number of fused-ring (bicyclic) bond motifs is 3. The van der Waals surface area contributed by atoms with Crippen LogP contribution in [0, 0.1) is 5.92 Å². The van der Waals surface area contributed by atoms with Crippen LogP contribution in [0.15, 0.2) is 48.5 Å². The van der Waals surface area contributed by atoms with E-state index in [1.807, 2.05) is 24.3 Å². The molecule has 34 heavy (non-hydrogen) atoms. The van der Waals surface area contributed by atoms with Gasteiger partial charge in [-0.1, -0.05) is 48.5 Å². The van der Waals surface area contributed by atoms with Gasteiger partial charge in [-0.25, -0.2) is 9.59 Å². The first-order valence-corrected chi connectivity index (χ1v) is 11.7. The number of aliphatic hydroxyl groups is 1. The Balaban J connectivity index is 1.22. The second kappa shape index (κ2) is 9.10. The van der Waals surface area contributed by atoms with Crippen LogP contribution in [-0.4, -0.2) is 64.4 Å². The number of carboxylic acids is 1. The zero-order valence-electron chi connectivity index (χ0n) is 18.7. The minimum atomic E-state index is -1.13. The van der Waals surface area contributed by atoms with Gasteiger partial charge in [0.1, 0.15) is 12.6 Å². The van der Waals surface area contributed by atoms with Crippen LogP contribution in [-0.2, 0) is 14.3 Å². The Morgan fingerprint density at radius 3 is 2.24 bits per heavy atom. The van der Waals surface area contributed by atoms with Gasteiger partial charge < -0.3 is 25.2 Å². The molecule has 3 atom stereocenters. The molecule has 3 aliphatic rings. The Bertz CT molecular complexity index is 1070. The summed E-state index contributed by atoms with van der Waals surface area (Å²) in [5.74, 6) is -1.39. The highest BCUT2D eigenvalue weighted by molar-refractivity contribution is 5.85. The second-order valence-electron chi connectivity index (χ2n) is 9.41. The van der Waals surface area contributed by atoms with E-state index in [1.54, 1.807) is 0 Å². The highest BCUT2D eigenvalue weighted by atomic mass is 16.5. The standard InChI is InChI=1S/C26H28N2O6/c29-16-11-23(25(31)32)28(13-16)24(30)12-22(15-9-10-15)27-26(33)34-14-21-19-7-3-1-5-17(19)18-6-2-4-8-20(18)21/h1-8,15-16,21-23,29H,9-14H2,(H,27,33)(H,31,32)/t16-,22?,23-/m0/s1. The molecule has 0 radical (unpaired) electrons. The molecule has 1 heterocycles. The van der Waals surface area contributed by atoms with Crippen molar-refractivity contribution in [1.82, 2.24) is 10.2 Å². The van der Waals surface area contributed by atoms with Crippen molar-refractivity contribution in [1.29, 1.82) is 0 Å². The molecule has 2 aromatic rings. The smallest absolute Gasteiger partial charge is 0.407 e. The maximum atomic E-state index is 12.8. The van der Waals surface area contributed by atoms with E-state index in [2.05, 4.69) is 29.6 Å². The van der Waals surface area contributed by atoms with Gasteiger partial charge in [0.2, 0.25) is 5.91 Å². The number of alkyl carbamates (subject to hydrolysis) is 1. The Morgan fingerprint density at radius 1 is 1.03 bits per heavy atom. The van der Waals surface area contributed by atoms with Crippen LogP contribution in [0.5, 0.6) is 0 Å². The number of aliphatic hydroxyl groups excluding tert-OH is 1. The second-order valence-corrected chi connectivity index (χ2v) is 9.41. The number of benzene rings is 2. The molecule has 2 amide bonds. The third kappa shape index (κ3) is 4.37.